The number of hydrogen-bond acceptors (Lipinski definition) is 10. The normalized spacial score (nSPS) is 30.2. The van der Waals surface area contributed by atoms with Gasteiger partial charge in [-0.05, 0) is 87.8 Å². The minimum atomic E-state index is -3.84. The highest BCUT2D eigenvalue weighted by Crippen LogP contribution is 2.57. The number of aryl methyl sites for hydroxylation is 1. The molecule has 0 radical (unpaired) electrons. The number of fused-ring (bicyclic) bond motifs is 6. The molecular weight excluding hydrogens is 749 g/mol. The van der Waals surface area contributed by atoms with Gasteiger partial charge in [0.1, 0.15) is 11.9 Å². The molecule has 1 aromatic heterocycles. The first-order chi connectivity index (χ1) is 27.5. The van der Waals surface area contributed by atoms with Gasteiger partial charge in [-0.25, -0.2) is 13.4 Å². The van der Waals surface area contributed by atoms with Crippen LogP contribution in [0.2, 0.25) is 0 Å². The molecule has 3 aliphatic heterocycles. The summed E-state index contributed by atoms with van der Waals surface area (Å²) in [4.78, 5) is 65.7. The molecular formula is C43H56N4O9S. The molecule has 57 heavy (non-hydrogen) atoms. The predicted octanol–water partition coefficient (Wildman–Crippen LogP) is 4.89. The Hall–Kier alpha value is -4.04. The maximum absolute atomic E-state index is 15.0. The molecule has 2 saturated heterocycles. The Morgan fingerprint density at radius 1 is 1.04 bits per heavy atom. The number of amides is 3. The zero-order valence-electron chi connectivity index (χ0n) is 33.0. The van der Waals surface area contributed by atoms with Gasteiger partial charge in [-0.3, -0.25) is 23.9 Å². The van der Waals surface area contributed by atoms with Gasteiger partial charge < -0.3 is 24.0 Å². The van der Waals surface area contributed by atoms with Crippen LogP contribution in [0.15, 0.2) is 36.9 Å². The van der Waals surface area contributed by atoms with Crippen LogP contribution in [0.1, 0.15) is 95.5 Å². The summed E-state index contributed by atoms with van der Waals surface area (Å²) in [5.74, 6) is -1.21. The van der Waals surface area contributed by atoms with Gasteiger partial charge in [-0.15, -0.1) is 6.58 Å². The van der Waals surface area contributed by atoms with Crippen LogP contribution in [-0.4, -0.2) is 104 Å². The van der Waals surface area contributed by atoms with Crippen molar-refractivity contribution in [1.29, 1.82) is 0 Å². The molecule has 1 N–H and O–H groups in total. The molecule has 8 rings (SSSR count). The summed E-state index contributed by atoms with van der Waals surface area (Å²) in [5.41, 5.74) is 0.363. The first-order valence-electron chi connectivity index (χ1n) is 21.0. The third-order valence-electron chi connectivity index (χ3n) is 13.4. The highest BCUT2D eigenvalue weighted by atomic mass is 32.2. The number of ether oxygens (including phenoxy) is 3. The predicted molar refractivity (Wildman–Crippen MR) is 212 cm³/mol. The maximum atomic E-state index is 15.0. The van der Waals surface area contributed by atoms with Crippen molar-refractivity contribution < 1.29 is 41.8 Å². The van der Waals surface area contributed by atoms with E-state index in [2.05, 4.69) is 17.4 Å². The molecule has 13 nitrogen and oxygen atoms in total. The van der Waals surface area contributed by atoms with E-state index >= 15 is 4.79 Å². The molecule has 3 amide bonds. The number of Topliss-reactive ketones (excluding diaryl/α,β-unsaturated/α-hetero) is 1. The zero-order valence-corrected chi connectivity index (χ0v) is 33.8. The number of allylic oxidation sites excluding steroid dienone is 1. The molecule has 2 aromatic rings. The summed E-state index contributed by atoms with van der Waals surface area (Å²) in [7, 11) is -2.24. The number of sulfonamides is 1. The largest absolute Gasteiger partial charge is 0.497 e. The topological polar surface area (TPSA) is 162 Å². The fourth-order valence-electron chi connectivity index (χ4n) is 9.76. The Morgan fingerprint density at radius 3 is 2.58 bits per heavy atom. The quantitative estimate of drug-likeness (QED) is 0.346. The number of nitrogens with one attached hydrogen (secondary N) is 1. The van der Waals surface area contributed by atoms with Crippen molar-refractivity contribution in [3.63, 3.8) is 0 Å². The number of nitrogens with zero attached hydrogens (tertiary/aromatic N) is 3. The van der Waals surface area contributed by atoms with E-state index in [4.69, 9.17) is 19.2 Å². The molecule has 308 valence electrons. The van der Waals surface area contributed by atoms with Crippen LogP contribution < -0.4 is 14.2 Å². The van der Waals surface area contributed by atoms with Crippen molar-refractivity contribution in [2.24, 2.45) is 23.2 Å². The summed E-state index contributed by atoms with van der Waals surface area (Å²) < 4.78 is 46.4. The van der Waals surface area contributed by atoms with Crippen molar-refractivity contribution in [2.45, 2.75) is 120 Å². The molecule has 1 aromatic carbocycles. The van der Waals surface area contributed by atoms with Gasteiger partial charge in [0.15, 0.2) is 5.78 Å². The van der Waals surface area contributed by atoms with Crippen molar-refractivity contribution in [3.8, 4) is 11.6 Å². The second-order valence-electron chi connectivity index (χ2n) is 17.3. The lowest BCUT2D eigenvalue weighted by Crippen LogP contribution is -2.48. The monoisotopic (exact) mass is 804 g/mol. The smallest absolute Gasteiger partial charge is 0.240 e. The second-order valence-corrected chi connectivity index (χ2v) is 19.3. The number of rotatable bonds is 9. The number of aromatic nitrogens is 1. The summed E-state index contributed by atoms with van der Waals surface area (Å²) in [5, 5.41) is 0.349. The van der Waals surface area contributed by atoms with Crippen LogP contribution in [0.4, 0.5) is 0 Å². The Morgan fingerprint density at radius 2 is 1.84 bits per heavy atom. The van der Waals surface area contributed by atoms with Crippen molar-refractivity contribution in [1.82, 2.24) is 19.5 Å². The second kappa shape index (κ2) is 16.3. The molecule has 4 bridgehead atoms. The Balaban J connectivity index is 1.12. The molecule has 6 atom stereocenters. The number of benzene rings is 1. The van der Waals surface area contributed by atoms with Crippen molar-refractivity contribution in [3.05, 3.63) is 42.5 Å². The maximum Gasteiger partial charge on any atom is 0.240 e. The standard InChI is InChI=1S/C43H56N4O9S/c1-3-30-23-43(30,42(51)45-57(52,53)34-14-15-34)24-38(48)37-21-33-26-47(37)41(50)35(27-9-6-7-10-27)22-39(49)46-17-16-32(25-46)55-18-8-4-5-11-29-19-28-12-13-31(54-2)20-36(28)44-40(29)56-33/h3,12-13,19-20,27,30,32-35,37H,1,4-11,14-18,21-26H2,2H3,(H,45,51)/t30-,32-,33+,35-,37-,43+/m0/s1. The summed E-state index contributed by atoms with van der Waals surface area (Å²) >= 11 is 0. The summed E-state index contributed by atoms with van der Waals surface area (Å²) in [6.45, 7) is 5.70. The number of hydrogen-bond donors (Lipinski definition) is 1. The number of ketones is 1. The van der Waals surface area contributed by atoms with Crippen LogP contribution in [-0.2, 0) is 40.4 Å². The lowest BCUT2D eigenvalue weighted by Gasteiger charge is -2.32. The molecule has 6 aliphatic rings. The highest BCUT2D eigenvalue weighted by Gasteiger charge is 2.61. The van der Waals surface area contributed by atoms with Crippen LogP contribution >= 0.6 is 0 Å². The van der Waals surface area contributed by atoms with Crippen LogP contribution in [0, 0.1) is 23.2 Å². The van der Waals surface area contributed by atoms with Crippen molar-refractivity contribution >= 4 is 44.4 Å². The van der Waals surface area contributed by atoms with Crippen molar-refractivity contribution in [2.75, 3.05) is 33.4 Å². The summed E-state index contributed by atoms with van der Waals surface area (Å²) in [6.07, 6.45) is 10.0. The van der Waals surface area contributed by atoms with Gasteiger partial charge in [-0.2, -0.15) is 0 Å². The van der Waals surface area contributed by atoms with Crippen LogP contribution in [0.5, 0.6) is 11.6 Å². The van der Waals surface area contributed by atoms with E-state index in [0.717, 1.165) is 62.3 Å². The van der Waals surface area contributed by atoms with Gasteiger partial charge in [0, 0.05) is 61.9 Å². The van der Waals surface area contributed by atoms with E-state index in [0.29, 0.717) is 62.5 Å². The third kappa shape index (κ3) is 8.44. The lowest BCUT2D eigenvalue weighted by molar-refractivity contribution is -0.146. The van der Waals surface area contributed by atoms with Gasteiger partial charge >= 0.3 is 0 Å². The van der Waals surface area contributed by atoms with E-state index in [-0.39, 0.29) is 61.3 Å². The fraction of sp³-hybridized carbons (Fsp3) is 0.651. The Labute approximate surface area is 335 Å². The van der Waals surface area contributed by atoms with E-state index < -0.39 is 44.7 Å². The minimum Gasteiger partial charge on any atom is -0.497 e. The van der Waals surface area contributed by atoms with Gasteiger partial charge in [-0.1, -0.05) is 25.3 Å². The number of pyridine rings is 1. The number of carbonyl (C=O) groups is 4. The highest BCUT2D eigenvalue weighted by molar-refractivity contribution is 7.90. The number of methoxy groups -OCH3 is 1. The molecule has 14 heteroatoms. The van der Waals surface area contributed by atoms with Crippen LogP contribution in [0.25, 0.3) is 10.9 Å². The molecule has 0 unspecified atom stereocenters. The first kappa shape index (κ1) is 39.8. The Bertz CT molecular complexity index is 2010. The SMILES string of the molecule is C=C[C@H]1C[C@]1(CC(=O)[C@@H]1C[C@@H]2CN1C(=O)[C@H](C1CCCC1)CC(=O)N1CC[C@@H](C1)OCCCCCc1cc3ccc(OC)cc3nc1O2)C(=O)NS(=O)(=O)C1CC1. The minimum absolute atomic E-state index is 0.00277. The van der Waals surface area contributed by atoms with Gasteiger partial charge in [0.05, 0.1) is 42.0 Å². The van der Waals surface area contributed by atoms with Gasteiger partial charge in [0.2, 0.25) is 33.6 Å². The number of carbonyl (C=O) groups excluding carboxylic acids is 4. The van der Waals surface area contributed by atoms with E-state index in [1.54, 1.807) is 18.1 Å². The zero-order chi connectivity index (χ0) is 39.9. The van der Waals surface area contributed by atoms with Gasteiger partial charge in [0.25, 0.3) is 0 Å². The van der Waals surface area contributed by atoms with E-state index in [9.17, 15) is 22.8 Å². The average molecular weight is 805 g/mol. The Kier molecular flexibility index (Phi) is 11.4. The van der Waals surface area contributed by atoms with Crippen LogP contribution in [0.3, 0.4) is 0 Å². The summed E-state index contributed by atoms with van der Waals surface area (Å²) in [6, 6.07) is 6.88. The molecule has 0 spiro atoms. The first-order valence-corrected chi connectivity index (χ1v) is 22.6. The average Bonchev–Trinajstić information content (AvgIpc) is 3.97. The van der Waals surface area contributed by atoms with E-state index in [1.807, 2.05) is 23.1 Å². The molecule has 5 fully saturated rings. The molecule has 3 aliphatic carbocycles. The lowest BCUT2D eigenvalue weighted by atomic mass is 9.85. The fourth-order valence-corrected chi connectivity index (χ4v) is 11.1. The third-order valence-corrected chi connectivity index (χ3v) is 15.3. The molecule has 4 heterocycles. The van der Waals surface area contributed by atoms with E-state index in [1.165, 1.54) is 0 Å². The molecule has 3 saturated carbocycles.